The molecule has 0 saturated carbocycles. The number of hydrogen-bond donors (Lipinski definition) is 2. The molecular weight excluding hydrogens is 428 g/mol. The van der Waals surface area contributed by atoms with E-state index in [1.165, 1.54) is 12.1 Å². The van der Waals surface area contributed by atoms with Crippen LogP contribution in [0.25, 0.3) is 11.4 Å². The number of hydrogen-bond acceptors (Lipinski definition) is 6. The summed E-state index contributed by atoms with van der Waals surface area (Å²) in [6, 6.07) is 23.1. The first-order valence-corrected chi connectivity index (χ1v) is 11.3. The molecule has 0 unspecified atom stereocenters. The van der Waals surface area contributed by atoms with E-state index < -0.39 is 16.1 Å². The van der Waals surface area contributed by atoms with Crippen LogP contribution in [-0.2, 0) is 10.0 Å². The van der Waals surface area contributed by atoms with Gasteiger partial charge >= 0.3 is 0 Å². The van der Waals surface area contributed by atoms with E-state index in [4.69, 9.17) is 4.52 Å². The number of nitrogens with one attached hydrogen (secondary N) is 2. The predicted molar refractivity (Wildman–Crippen MR) is 119 cm³/mol. The first-order valence-electron chi connectivity index (χ1n) is 9.80. The Balaban J connectivity index is 1.43. The Morgan fingerprint density at radius 3 is 2.19 bits per heavy atom. The average molecular weight is 449 g/mol. The Morgan fingerprint density at radius 1 is 0.906 bits per heavy atom. The van der Waals surface area contributed by atoms with E-state index in [2.05, 4.69) is 20.2 Å². The maximum atomic E-state index is 12.4. The van der Waals surface area contributed by atoms with E-state index in [-0.39, 0.29) is 16.7 Å². The summed E-state index contributed by atoms with van der Waals surface area (Å²) < 4.78 is 32.7. The molecule has 3 aromatic carbocycles. The van der Waals surface area contributed by atoms with Gasteiger partial charge in [0.2, 0.25) is 11.7 Å². The molecule has 1 amide bonds. The summed E-state index contributed by atoms with van der Waals surface area (Å²) in [6.07, 6.45) is 0. The second kappa shape index (κ2) is 9.03. The molecular formula is C23H20N4O4S. The zero-order valence-electron chi connectivity index (χ0n) is 17.1. The number of benzene rings is 3. The first kappa shape index (κ1) is 21.3. The van der Waals surface area contributed by atoms with Gasteiger partial charge in [-0.05, 0) is 55.5 Å². The summed E-state index contributed by atoms with van der Waals surface area (Å²) in [6.45, 7) is 1.75. The second-order valence-corrected chi connectivity index (χ2v) is 8.70. The average Bonchev–Trinajstić information content (AvgIpc) is 3.31. The van der Waals surface area contributed by atoms with Crippen LogP contribution in [0.15, 0.2) is 94.3 Å². The molecule has 0 aliphatic heterocycles. The smallest absolute Gasteiger partial charge is 0.261 e. The van der Waals surface area contributed by atoms with Crippen molar-refractivity contribution in [2.75, 3.05) is 4.72 Å². The third kappa shape index (κ3) is 4.84. The van der Waals surface area contributed by atoms with E-state index in [0.29, 0.717) is 22.6 Å². The van der Waals surface area contributed by atoms with E-state index >= 15 is 0 Å². The van der Waals surface area contributed by atoms with Crippen LogP contribution in [0.2, 0.25) is 0 Å². The molecule has 0 bridgehead atoms. The standard InChI is InChI=1S/C23H20N4O4S/c1-16(24-22(28)18-8-4-2-5-9-18)23-25-21(26-31-23)17-12-14-19(15-13-17)27-32(29,30)20-10-6-3-7-11-20/h2-16,27H,1H3,(H,24,28)/t16-/m1/s1. The fourth-order valence-electron chi connectivity index (χ4n) is 2.96. The van der Waals surface area contributed by atoms with Crippen LogP contribution in [0.1, 0.15) is 29.2 Å². The van der Waals surface area contributed by atoms with Crippen LogP contribution < -0.4 is 10.0 Å². The Morgan fingerprint density at radius 2 is 1.53 bits per heavy atom. The molecule has 0 saturated heterocycles. The Hall–Kier alpha value is -3.98. The zero-order chi connectivity index (χ0) is 22.6. The molecule has 1 aromatic heterocycles. The van der Waals surface area contributed by atoms with E-state index in [0.717, 1.165) is 0 Å². The minimum Gasteiger partial charge on any atom is -0.341 e. The van der Waals surface area contributed by atoms with Crippen LogP contribution in [0, 0.1) is 0 Å². The largest absolute Gasteiger partial charge is 0.341 e. The first-order chi connectivity index (χ1) is 15.4. The highest BCUT2D eigenvalue weighted by atomic mass is 32.2. The molecule has 0 radical (unpaired) electrons. The number of sulfonamides is 1. The summed E-state index contributed by atoms with van der Waals surface area (Å²) in [5.41, 5.74) is 1.58. The zero-order valence-corrected chi connectivity index (χ0v) is 17.9. The number of aromatic nitrogens is 2. The van der Waals surface area contributed by atoms with Crippen molar-refractivity contribution in [1.82, 2.24) is 15.5 Å². The van der Waals surface area contributed by atoms with Gasteiger partial charge in [-0.2, -0.15) is 4.98 Å². The fraction of sp³-hybridized carbons (Fsp3) is 0.0870. The summed E-state index contributed by atoms with van der Waals surface area (Å²) in [7, 11) is -3.67. The number of carbonyl (C=O) groups excluding carboxylic acids is 1. The molecule has 0 spiro atoms. The van der Waals surface area contributed by atoms with Crippen molar-refractivity contribution in [3.8, 4) is 11.4 Å². The molecule has 32 heavy (non-hydrogen) atoms. The monoisotopic (exact) mass is 448 g/mol. The number of anilines is 1. The predicted octanol–water partition coefficient (Wildman–Crippen LogP) is 4.03. The van der Waals surface area contributed by atoms with Gasteiger partial charge in [0.1, 0.15) is 6.04 Å². The lowest BCUT2D eigenvalue weighted by molar-refractivity contribution is 0.0932. The molecule has 9 heteroatoms. The fourth-order valence-corrected chi connectivity index (χ4v) is 4.04. The van der Waals surface area contributed by atoms with Crippen molar-refractivity contribution in [1.29, 1.82) is 0 Å². The molecule has 0 aliphatic rings. The van der Waals surface area contributed by atoms with Crippen molar-refractivity contribution < 1.29 is 17.7 Å². The summed E-state index contributed by atoms with van der Waals surface area (Å²) in [5, 5.41) is 6.78. The van der Waals surface area contributed by atoms with Crippen LogP contribution in [0.3, 0.4) is 0 Å². The molecule has 4 aromatic rings. The van der Waals surface area contributed by atoms with Crippen LogP contribution >= 0.6 is 0 Å². The minimum absolute atomic E-state index is 0.179. The number of carbonyl (C=O) groups is 1. The molecule has 0 fully saturated rings. The maximum Gasteiger partial charge on any atom is 0.261 e. The topological polar surface area (TPSA) is 114 Å². The van der Waals surface area contributed by atoms with Gasteiger partial charge < -0.3 is 9.84 Å². The minimum atomic E-state index is -3.67. The lowest BCUT2D eigenvalue weighted by Gasteiger charge is -2.09. The number of rotatable bonds is 7. The van der Waals surface area contributed by atoms with Gasteiger partial charge in [-0.15, -0.1) is 0 Å². The van der Waals surface area contributed by atoms with Crippen molar-refractivity contribution in [3.05, 3.63) is 96.4 Å². The maximum absolute atomic E-state index is 12.4. The van der Waals surface area contributed by atoms with Crippen LogP contribution in [0.4, 0.5) is 5.69 Å². The van der Waals surface area contributed by atoms with Crippen molar-refractivity contribution >= 4 is 21.6 Å². The molecule has 4 rings (SSSR count). The van der Waals surface area contributed by atoms with E-state index in [9.17, 15) is 13.2 Å². The van der Waals surface area contributed by atoms with Gasteiger partial charge in [-0.1, -0.05) is 41.6 Å². The molecule has 0 aliphatic carbocycles. The number of amides is 1. The van der Waals surface area contributed by atoms with Crippen molar-refractivity contribution in [3.63, 3.8) is 0 Å². The third-order valence-corrected chi connectivity index (χ3v) is 6.04. The Labute approximate surface area is 185 Å². The Bertz CT molecular complexity index is 1310. The summed E-state index contributed by atoms with van der Waals surface area (Å²) in [4.78, 5) is 16.8. The molecule has 2 N–H and O–H groups in total. The van der Waals surface area contributed by atoms with Crippen LogP contribution in [0.5, 0.6) is 0 Å². The second-order valence-electron chi connectivity index (χ2n) is 7.01. The third-order valence-electron chi connectivity index (χ3n) is 4.64. The van der Waals surface area contributed by atoms with E-state index in [1.807, 2.05) is 6.07 Å². The Kier molecular flexibility index (Phi) is 6.00. The highest BCUT2D eigenvalue weighted by molar-refractivity contribution is 7.92. The quantitative estimate of drug-likeness (QED) is 0.441. The molecule has 162 valence electrons. The molecule has 1 heterocycles. The van der Waals surface area contributed by atoms with E-state index in [1.54, 1.807) is 73.7 Å². The van der Waals surface area contributed by atoms with Gasteiger partial charge in [-0.3, -0.25) is 9.52 Å². The molecule has 8 nitrogen and oxygen atoms in total. The van der Waals surface area contributed by atoms with Crippen molar-refractivity contribution in [2.24, 2.45) is 0 Å². The van der Waals surface area contributed by atoms with Gasteiger partial charge in [0.25, 0.3) is 15.9 Å². The SMILES string of the molecule is C[C@@H](NC(=O)c1ccccc1)c1nc(-c2ccc(NS(=O)(=O)c3ccccc3)cc2)no1. The van der Waals surface area contributed by atoms with Gasteiger partial charge in [0.05, 0.1) is 4.90 Å². The normalized spacial score (nSPS) is 12.2. The summed E-state index contributed by atoms with van der Waals surface area (Å²) in [5.74, 6) is 0.351. The number of nitrogens with zero attached hydrogens (tertiary/aromatic N) is 2. The highest BCUT2D eigenvalue weighted by Crippen LogP contribution is 2.22. The van der Waals surface area contributed by atoms with Crippen LogP contribution in [-0.4, -0.2) is 24.5 Å². The van der Waals surface area contributed by atoms with Gasteiger partial charge in [-0.25, -0.2) is 8.42 Å². The van der Waals surface area contributed by atoms with Crippen molar-refractivity contribution in [2.45, 2.75) is 17.9 Å². The highest BCUT2D eigenvalue weighted by Gasteiger charge is 2.18. The summed E-state index contributed by atoms with van der Waals surface area (Å²) >= 11 is 0. The molecule has 1 atom stereocenters. The lowest BCUT2D eigenvalue weighted by atomic mass is 10.2. The van der Waals surface area contributed by atoms with Gasteiger partial charge in [0.15, 0.2) is 0 Å². The van der Waals surface area contributed by atoms with Gasteiger partial charge in [0, 0.05) is 16.8 Å². The lowest BCUT2D eigenvalue weighted by Crippen LogP contribution is -2.26.